The maximum Gasteiger partial charge on any atom is 0.252 e. The number of nitrogens with zero attached hydrogens (tertiary/aromatic N) is 3. The maximum absolute atomic E-state index is 13.3. The van der Waals surface area contributed by atoms with Crippen molar-refractivity contribution in [3.63, 3.8) is 0 Å². The molecule has 1 fully saturated rings. The Bertz CT molecular complexity index is 1480. The number of sulfone groups is 1. The number of carbonyl (C=O) groups is 1. The number of halogens is 1. The lowest BCUT2D eigenvalue weighted by atomic mass is 10.0. The third-order valence-corrected chi connectivity index (χ3v) is 7.82. The highest BCUT2D eigenvalue weighted by atomic mass is 32.2. The number of pyridine rings is 1. The molecule has 3 heterocycles. The Balaban J connectivity index is 1.59. The first-order valence-corrected chi connectivity index (χ1v) is 12.8. The molecule has 174 valence electrons. The fraction of sp³-hybridized carbons (Fsp3) is 0.240. The highest BCUT2D eigenvalue weighted by molar-refractivity contribution is 7.91. The monoisotopic (exact) mass is 478 g/mol. The van der Waals surface area contributed by atoms with Gasteiger partial charge in [-0.15, -0.1) is 0 Å². The largest absolute Gasteiger partial charge is 0.348 e. The predicted octanol–water partition coefficient (Wildman–Crippen LogP) is 3.84. The van der Waals surface area contributed by atoms with Gasteiger partial charge in [-0.05, 0) is 37.1 Å². The summed E-state index contributed by atoms with van der Waals surface area (Å²) in [4.78, 5) is 18.1. The van der Waals surface area contributed by atoms with Gasteiger partial charge in [0.25, 0.3) is 5.91 Å². The molecule has 1 amide bonds. The van der Waals surface area contributed by atoms with Crippen LogP contribution in [0.2, 0.25) is 0 Å². The molecular formula is C25H23FN4O3S. The van der Waals surface area contributed by atoms with E-state index in [9.17, 15) is 17.6 Å². The average Bonchev–Trinajstić information content (AvgIpc) is 3.37. The van der Waals surface area contributed by atoms with Gasteiger partial charge < -0.3 is 5.32 Å². The molecule has 1 aliphatic heterocycles. The van der Waals surface area contributed by atoms with Gasteiger partial charge in [-0.1, -0.05) is 42.5 Å². The molecule has 0 saturated carbocycles. The smallest absolute Gasteiger partial charge is 0.252 e. The Morgan fingerprint density at radius 3 is 2.56 bits per heavy atom. The second kappa shape index (κ2) is 8.64. The number of benzene rings is 2. The van der Waals surface area contributed by atoms with E-state index in [-0.39, 0.29) is 35.8 Å². The van der Waals surface area contributed by atoms with Gasteiger partial charge in [0.05, 0.1) is 39.9 Å². The molecule has 5 rings (SSSR count). The van der Waals surface area contributed by atoms with Crippen LogP contribution in [0.15, 0.2) is 60.7 Å². The molecule has 0 aliphatic carbocycles. The third kappa shape index (κ3) is 4.31. The van der Waals surface area contributed by atoms with Crippen molar-refractivity contribution in [3.8, 4) is 11.3 Å². The van der Waals surface area contributed by atoms with Crippen LogP contribution in [0, 0.1) is 12.7 Å². The van der Waals surface area contributed by atoms with Crippen LogP contribution in [-0.2, 0) is 16.4 Å². The average molecular weight is 479 g/mol. The summed E-state index contributed by atoms with van der Waals surface area (Å²) in [5, 5.41) is 8.11. The van der Waals surface area contributed by atoms with Gasteiger partial charge in [0.2, 0.25) is 0 Å². The highest BCUT2D eigenvalue weighted by Crippen LogP contribution is 2.32. The minimum Gasteiger partial charge on any atom is -0.348 e. The summed E-state index contributed by atoms with van der Waals surface area (Å²) in [6.07, 6.45) is 0.460. The van der Waals surface area contributed by atoms with Gasteiger partial charge in [0.15, 0.2) is 15.5 Å². The van der Waals surface area contributed by atoms with Gasteiger partial charge in [0, 0.05) is 12.1 Å². The van der Waals surface area contributed by atoms with E-state index >= 15 is 0 Å². The van der Waals surface area contributed by atoms with Crippen LogP contribution in [0.3, 0.4) is 0 Å². The van der Waals surface area contributed by atoms with Crippen molar-refractivity contribution in [2.45, 2.75) is 25.9 Å². The maximum atomic E-state index is 13.3. The molecule has 1 unspecified atom stereocenters. The quantitative estimate of drug-likeness (QED) is 0.471. The lowest BCUT2D eigenvalue weighted by Gasteiger charge is -2.12. The zero-order valence-corrected chi connectivity index (χ0v) is 19.3. The van der Waals surface area contributed by atoms with Crippen molar-refractivity contribution in [2.24, 2.45) is 0 Å². The number of hydrogen-bond acceptors (Lipinski definition) is 5. The Labute approximate surface area is 196 Å². The SMILES string of the molecule is Cc1nn(C2CCS(=O)(=O)C2)c2nc(-c3ccccc3)cc(C(=O)NCc3ccc(F)cc3)c12. The molecule has 1 saturated heterocycles. The van der Waals surface area contributed by atoms with Crippen LogP contribution in [-0.4, -0.2) is 40.6 Å². The van der Waals surface area contributed by atoms with Crippen LogP contribution in [0.1, 0.15) is 34.1 Å². The summed E-state index contributed by atoms with van der Waals surface area (Å²) < 4.78 is 39.1. The van der Waals surface area contributed by atoms with Gasteiger partial charge in [-0.3, -0.25) is 4.79 Å². The topological polar surface area (TPSA) is 93.9 Å². The standard InChI is InChI=1S/C25H23FN4O3S/c1-16-23-21(25(31)27-14-17-7-9-19(26)10-8-17)13-22(18-5-3-2-4-6-18)28-24(23)30(29-16)20-11-12-34(32,33)15-20/h2-10,13,20H,11-12,14-15H2,1H3,(H,27,31). The van der Waals surface area contributed by atoms with Gasteiger partial charge in [-0.2, -0.15) is 5.10 Å². The Kier molecular flexibility index (Phi) is 5.65. The number of aryl methyl sites for hydroxylation is 1. The van der Waals surface area contributed by atoms with Crippen LogP contribution in [0.25, 0.3) is 22.3 Å². The number of aromatic nitrogens is 3. The van der Waals surface area contributed by atoms with Gasteiger partial charge in [0.1, 0.15) is 5.82 Å². The molecule has 0 spiro atoms. The van der Waals surface area contributed by atoms with E-state index in [4.69, 9.17) is 4.98 Å². The van der Waals surface area contributed by atoms with E-state index in [1.807, 2.05) is 30.3 Å². The first-order chi connectivity index (χ1) is 16.3. The Morgan fingerprint density at radius 2 is 1.88 bits per heavy atom. The van der Waals surface area contributed by atoms with E-state index < -0.39 is 9.84 Å². The zero-order valence-electron chi connectivity index (χ0n) is 18.5. The van der Waals surface area contributed by atoms with Gasteiger partial charge in [-0.25, -0.2) is 22.5 Å². The van der Waals surface area contributed by atoms with E-state index in [0.29, 0.717) is 34.4 Å². The van der Waals surface area contributed by atoms with E-state index in [0.717, 1.165) is 11.1 Å². The van der Waals surface area contributed by atoms with Crippen LogP contribution in [0.5, 0.6) is 0 Å². The van der Waals surface area contributed by atoms with E-state index in [1.165, 1.54) is 12.1 Å². The molecule has 1 atom stereocenters. The Hall–Kier alpha value is -3.59. The summed E-state index contributed by atoms with van der Waals surface area (Å²) in [5.74, 6) is -0.528. The molecule has 0 bridgehead atoms. The van der Waals surface area contributed by atoms with E-state index in [2.05, 4.69) is 10.4 Å². The van der Waals surface area contributed by atoms with E-state index in [1.54, 1.807) is 29.8 Å². The molecule has 2 aromatic heterocycles. The molecule has 0 radical (unpaired) electrons. The van der Waals surface area contributed by atoms with Crippen molar-refractivity contribution in [2.75, 3.05) is 11.5 Å². The second-order valence-corrected chi connectivity index (χ2v) is 10.7. The highest BCUT2D eigenvalue weighted by Gasteiger charge is 2.32. The van der Waals surface area contributed by atoms with Crippen molar-refractivity contribution in [1.29, 1.82) is 0 Å². The molecule has 2 aromatic carbocycles. The predicted molar refractivity (Wildman–Crippen MR) is 128 cm³/mol. The number of rotatable bonds is 5. The second-order valence-electron chi connectivity index (χ2n) is 8.52. The third-order valence-electron chi connectivity index (χ3n) is 6.07. The fourth-order valence-corrected chi connectivity index (χ4v) is 6.04. The number of amides is 1. The fourth-order valence-electron chi connectivity index (χ4n) is 4.35. The molecular weight excluding hydrogens is 455 g/mol. The summed E-state index contributed by atoms with van der Waals surface area (Å²) in [6.45, 7) is 2.03. The molecule has 7 nitrogen and oxygen atoms in total. The molecule has 4 aromatic rings. The first-order valence-electron chi connectivity index (χ1n) is 11.0. The number of nitrogens with one attached hydrogen (secondary N) is 1. The van der Waals surface area contributed by atoms with Crippen molar-refractivity contribution >= 4 is 26.8 Å². The lowest BCUT2D eigenvalue weighted by Crippen LogP contribution is -2.23. The minimum absolute atomic E-state index is 0.00651. The Morgan fingerprint density at radius 1 is 1.15 bits per heavy atom. The van der Waals surface area contributed by atoms with Crippen molar-refractivity contribution in [3.05, 3.63) is 83.3 Å². The van der Waals surface area contributed by atoms with Crippen LogP contribution >= 0.6 is 0 Å². The zero-order chi connectivity index (χ0) is 23.9. The van der Waals surface area contributed by atoms with Crippen molar-refractivity contribution < 1.29 is 17.6 Å². The minimum atomic E-state index is -3.13. The molecule has 1 aliphatic rings. The number of carbonyl (C=O) groups excluding carboxylic acids is 1. The summed E-state index contributed by atoms with van der Waals surface area (Å²) in [5.41, 5.74) is 3.72. The number of hydrogen-bond donors (Lipinski definition) is 1. The van der Waals surface area contributed by atoms with Gasteiger partial charge >= 0.3 is 0 Å². The van der Waals surface area contributed by atoms with Crippen LogP contribution < -0.4 is 5.32 Å². The number of fused-ring (bicyclic) bond motifs is 1. The normalized spacial score (nSPS) is 17.2. The lowest BCUT2D eigenvalue weighted by molar-refractivity contribution is 0.0952. The molecule has 9 heteroatoms. The molecule has 1 N–H and O–H groups in total. The summed E-state index contributed by atoms with van der Waals surface area (Å²) in [6, 6.07) is 16.8. The summed E-state index contributed by atoms with van der Waals surface area (Å²) >= 11 is 0. The molecule has 34 heavy (non-hydrogen) atoms. The van der Waals surface area contributed by atoms with Crippen LogP contribution in [0.4, 0.5) is 4.39 Å². The first kappa shape index (κ1) is 22.2. The summed E-state index contributed by atoms with van der Waals surface area (Å²) in [7, 11) is -3.13. The van der Waals surface area contributed by atoms with Crippen molar-refractivity contribution in [1.82, 2.24) is 20.1 Å².